The maximum absolute atomic E-state index is 12.0. The lowest BCUT2D eigenvalue weighted by molar-refractivity contribution is -0.384. The quantitative estimate of drug-likeness (QED) is 0.0235. The number of nitrogens with two attached hydrogens (primary N) is 2. The normalized spacial score (nSPS) is 12.0. The van der Waals surface area contributed by atoms with Gasteiger partial charge >= 0.3 is 5.69 Å². The molecule has 0 aliphatic carbocycles. The van der Waals surface area contributed by atoms with E-state index in [9.17, 15) is 61.5 Å². The molecule has 0 aliphatic heterocycles. The standard InChI is InChI=1S/C28H20N8O13S2/c29-18-7-12(1-3-22(18)35(40)41)17-8-14(9-19(30)26(17)36(42)43)34(31)27-23(37)4-2-20(28(27)39)32-33-21-10-15(50(44,45)46)5-13-6-16(51(47,48)49)11-24(38)25(13)21/h1-11H,29-30H2,(H5-,31,33,37,38,39,44,45,46,47,48,49)/p+1. The molecule has 0 radical (unpaired) electrons. The van der Waals surface area contributed by atoms with Gasteiger partial charge in [-0.25, -0.2) is 0 Å². The van der Waals surface area contributed by atoms with Crippen LogP contribution in [0, 0.1) is 25.8 Å². The van der Waals surface area contributed by atoms with E-state index in [4.69, 9.17) is 17.0 Å². The van der Waals surface area contributed by atoms with Gasteiger partial charge in [0.2, 0.25) is 11.4 Å². The van der Waals surface area contributed by atoms with Crippen LogP contribution in [0.3, 0.4) is 0 Å². The van der Waals surface area contributed by atoms with Crippen LogP contribution in [0.2, 0.25) is 0 Å². The Morgan fingerprint density at radius 2 is 1.29 bits per heavy atom. The third kappa shape index (κ3) is 6.75. The summed E-state index contributed by atoms with van der Waals surface area (Å²) in [6.45, 7) is 0. The summed E-state index contributed by atoms with van der Waals surface area (Å²) in [5, 5.41) is 62.4. The Bertz CT molecular complexity index is 2620. The zero-order chi connectivity index (χ0) is 37.7. The van der Waals surface area contributed by atoms with Crippen molar-refractivity contribution in [2.75, 3.05) is 11.5 Å². The molecule has 0 unspecified atom stereocenters. The van der Waals surface area contributed by atoms with E-state index in [1.165, 1.54) is 0 Å². The minimum absolute atomic E-state index is 0.00550. The molecule has 23 heteroatoms. The number of fused-ring (bicyclic) bond motifs is 1. The highest BCUT2D eigenvalue weighted by atomic mass is 32.2. The fraction of sp³-hybridized carbons (Fsp3) is 0. The van der Waals surface area contributed by atoms with Gasteiger partial charge in [0.15, 0.2) is 5.75 Å². The molecule has 0 amide bonds. The van der Waals surface area contributed by atoms with Crippen molar-refractivity contribution in [3.63, 3.8) is 0 Å². The predicted octanol–water partition coefficient (Wildman–Crippen LogP) is 5.38. The SMILES string of the molecule is N=[N+](c1cc(N)c([N+](=O)[O-])c(-c2ccc([N+](=O)[O-])c(N)c2)c1)c1c(O)ccc(N=Nc2cc(S(=O)(=O)O)cc3cc(S(=O)(=O)O)cc(O)c23)c1O. The minimum atomic E-state index is -4.97. The molecule has 0 aromatic heterocycles. The number of phenolic OH excluding ortho intramolecular Hbond substituents is 3. The molecule has 5 rings (SSSR count). The minimum Gasteiger partial charge on any atom is -0.507 e. The first-order chi connectivity index (χ1) is 23.7. The number of rotatable bonds is 9. The first kappa shape index (κ1) is 35.5. The van der Waals surface area contributed by atoms with Gasteiger partial charge in [0.05, 0.1) is 36.3 Å². The number of aromatic hydroxyl groups is 3. The number of anilines is 2. The Morgan fingerprint density at radius 1 is 0.686 bits per heavy atom. The first-order valence-corrected chi connectivity index (χ1v) is 16.4. The van der Waals surface area contributed by atoms with Crippen LogP contribution in [0.5, 0.6) is 17.2 Å². The van der Waals surface area contributed by atoms with Gasteiger partial charge in [0, 0.05) is 24.3 Å². The monoisotopic (exact) mass is 741 g/mol. The average Bonchev–Trinajstić information content (AvgIpc) is 3.02. The van der Waals surface area contributed by atoms with E-state index < -0.39 is 91.2 Å². The van der Waals surface area contributed by atoms with Crippen LogP contribution in [0.1, 0.15) is 0 Å². The molecule has 5 aromatic carbocycles. The number of hydrogen-bond acceptors (Lipinski definition) is 16. The number of nitro groups is 2. The van der Waals surface area contributed by atoms with Gasteiger partial charge in [0.25, 0.3) is 31.6 Å². The molecular weight excluding hydrogens is 720 g/mol. The second kappa shape index (κ2) is 12.6. The molecule has 10 N–H and O–H groups in total. The lowest BCUT2D eigenvalue weighted by Crippen LogP contribution is -2.04. The Hall–Kier alpha value is -6.82. The third-order valence-electron chi connectivity index (χ3n) is 7.25. The highest BCUT2D eigenvalue weighted by Gasteiger charge is 2.31. The van der Waals surface area contributed by atoms with Gasteiger partial charge < -0.3 is 26.8 Å². The Morgan fingerprint density at radius 3 is 1.86 bits per heavy atom. The van der Waals surface area contributed by atoms with Crippen molar-refractivity contribution in [3.8, 4) is 28.4 Å². The molecule has 0 bridgehead atoms. The van der Waals surface area contributed by atoms with E-state index in [-0.39, 0.29) is 33.3 Å². The van der Waals surface area contributed by atoms with E-state index in [0.29, 0.717) is 10.8 Å². The molecule has 0 heterocycles. The highest BCUT2D eigenvalue weighted by molar-refractivity contribution is 7.86. The molecule has 0 saturated carbocycles. The molecule has 0 saturated heterocycles. The second-order valence-electron chi connectivity index (χ2n) is 10.5. The van der Waals surface area contributed by atoms with Crippen LogP contribution in [0.15, 0.2) is 86.7 Å². The zero-order valence-corrected chi connectivity index (χ0v) is 26.7. The van der Waals surface area contributed by atoms with E-state index in [0.717, 1.165) is 60.7 Å². The summed E-state index contributed by atoms with van der Waals surface area (Å²) < 4.78 is 66.7. The summed E-state index contributed by atoms with van der Waals surface area (Å²) in [7, 11) is -9.86. The smallest absolute Gasteiger partial charge is 0.323 e. The highest BCUT2D eigenvalue weighted by Crippen LogP contribution is 2.47. The maximum Gasteiger partial charge on any atom is 0.323 e. The topological polar surface area (TPSA) is 359 Å². The van der Waals surface area contributed by atoms with Crippen molar-refractivity contribution in [1.29, 1.82) is 5.53 Å². The van der Waals surface area contributed by atoms with Gasteiger partial charge in [-0.3, -0.25) is 29.3 Å². The molecule has 0 fully saturated rings. The van der Waals surface area contributed by atoms with E-state index in [2.05, 4.69) is 10.2 Å². The van der Waals surface area contributed by atoms with Gasteiger partial charge in [-0.2, -0.15) is 16.8 Å². The fourth-order valence-corrected chi connectivity index (χ4v) is 6.04. The molecule has 0 atom stereocenters. The molecule has 0 aliphatic rings. The van der Waals surface area contributed by atoms with Gasteiger partial charge in [0.1, 0.15) is 22.8 Å². The van der Waals surface area contributed by atoms with Crippen LogP contribution in [0.25, 0.3) is 21.9 Å². The number of nitrogens with zero attached hydrogens (tertiary/aromatic N) is 5. The van der Waals surface area contributed by atoms with Crippen LogP contribution < -0.4 is 16.2 Å². The lowest BCUT2D eigenvalue weighted by atomic mass is 10.00. The third-order valence-corrected chi connectivity index (χ3v) is 8.91. The van der Waals surface area contributed by atoms with E-state index in [1.54, 1.807) is 0 Å². The lowest BCUT2D eigenvalue weighted by Gasteiger charge is -2.10. The van der Waals surface area contributed by atoms with Crippen molar-refractivity contribution in [2.24, 2.45) is 10.2 Å². The summed E-state index contributed by atoms with van der Waals surface area (Å²) >= 11 is 0. The van der Waals surface area contributed by atoms with Crippen molar-refractivity contribution in [1.82, 2.24) is 4.70 Å². The summed E-state index contributed by atoms with van der Waals surface area (Å²) in [6.07, 6.45) is 0. The van der Waals surface area contributed by atoms with Crippen molar-refractivity contribution in [3.05, 3.63) is 87.0 Å². The molecule has 51 heavy (non-hydrogen) atoms. The Labute approximate surface area is 284 Å². The largest absolute Gasteiger partial charge is 0.507 e. The predicted molar refractivity (Wildman–Crippen MR) is 177 cm³/mol. The Balaban J connectivity index is 1.65. The van der Waals surface area contributed by atoms with Gasteiger partial charge in [-0.1, -0.05) is 0 Å². The zero-order valence-electron chi connectivity index (χ0n) is 25.1. The second-order valence-corrected chi connectivity index (χ2v) is 13.3. The van der Waals surface area contributed by atoms with Crippen LogP contribution >= 0.6 is 0 Å². The summed E-state index contributed by atoms with van der Waals surface area (Å²) in [4.78, 5) is 19.9. The maximum atomic E-state index is 12.0. The van der Waals surface area contributed by atoms with Gasteiger partial charge in [-0.15, -0.1) is 10.2 Å². The first-order valence-electron chi connectivity index (χ1n) is 13.5. The van der Waals surface area contributed by atoms with Gasteiger partial charge in [-0.05, 0) is 63.6 Å². The van der Waals surface area contributed by atoms with Crippen molar-refractivity contribution >= 4 is 76.5 Å². The van der Waals surface area contributed by atoms with Crippen LogP contribution in [-0.4, -0.2) is 51.1 Å². The summed E-state index contributed by atoms with van der Waals surface area (Å²) in [5.74, 6) is -2.47. The molecular formula is C28H21N8O13S2+. The van der Waals surface area contributed by atoms with Crippen molar-refractivity contribution < 1.29 is 51.1 Å². The van der Waals surface area contributed by atoms with Crippen LogP contribution in [0.4, 0.5) is 45.5 Å². The number of nitrogens with one attached hydrogen (secondary N) is 1. The number of azo groups is 1. The molecule has 0 spiro atoms. The Kier molecular flexibility index (Phi) is 8.75. The molecule has 21 nitrogen and oxygen atoms in total. The number of benzene rings is 5. The van der Waals surface area contributed by atoms with E-state index in [1.807, 2.05) is 0 Å². The fourth-order valence-electron chi connectivity index (χ4n) is 4.97. The molecule has 262 valence electrons. The van der Waals surface area contributed by atoms with E-state index >= 15 is 0 Å². The number of phenols is 3. The summed E-state index contributed by atoms with van der Waals surface area (Å²) in [5.41, 5.74) is 16.3. The van der Waals surface area contributed by atoms with Crippen molar-refractivity contribution in [2.45, 2.75) is 9.79 Å². The number of nitrogen functional groups attached to an aromatic ring is 2. The average molecular weight is 742 g/mol. The summed E-state index contributed by atoms with van der Waals surface area (Å²) in [6, 6.07) is 10.2. The van der Waals surface area contributed by atoms with Crippen LogP contribution in [-0.2, 0) is 20.2 Å². The number of nitro benzene ring substituents is 2. The molecule has 5 aromatic rings. The number of hydrogen-bond donors (Lipinski definition) is 8.